The number of carbonyl (C=O) groups is 1. The third-order valence-electron chi connectivity index (χ3n) is 7.10. The van der Waals surface area contributed by atoms with Gasteiger partial charge >= 0.3 is 0 Å². The maximum absolute atomic E-state index is 13.5. The Hall–Kier alpha value is -2.84. The number of benzene rings is 2. The average Bonchev–Trinajstić information content (AvgIpc) is 2.92. The van der Waals surface area contributed by atoms with Crippen LogP contribution in [0, 0.1) is 0 Å². The van der Waals surface area contributed by atoms with Crippen molar-refractivity contribution in [2.24, 2.45) is 0 Å². The van der Waals surface area contributed by atoms with Gasteiger partial charge in [-0.25, -0.2) is 0 Å². The molecule has 1 amide bonds. The Morgan fingerprint density at radius 2 is 1.70 bits per heavy atom. The Balaban J connectivity index is 1.68. The third-order valence-corrected chi connectivity index (χ3v) is 12.3. The van der Waals surface area contributed by atoms with Crippen LogP contribution < -0.4 is 10.4 Å². The molecule has 2 aromatic carbocycles. The first kappa shape index (κ1) is 27.2. The van der Waals surface area contributed by atoms with Crippen molar-refractivity contribution in [3.8, 4) is 0 Å². The molecule has 2 atom stereocenters. The zero-order valence-electron chi connectivity index (χ0n) is 22.3. The van der Waals surface area contributed by atoms with Gasteiger partial charge in [0.1, 0.15) is 0 Å². The molecular formula is C30H38N2O4Si. The lowest BCUT2D eigenvalue weighted by molar-refractivity contribution is -0.0184. The van der Waals surface area contributed by atoms with E-state index < -0.39 is 8.32 Å². The van der Waals surface area contributed by atoms with E-state index in [0.29, 0.717) is 37.4 Å². The van der Waals surface area contributed by atoms with Crippen molar-refractivity contribution < 1.29 is 19.1 Å². The molecule has 4 rings (SSSR count). The SMILES string of the molecule is CC(Cc1ncccc1C(=O)N1CCOC[C@H]1CO)O[Si](c1ccccc1)(c1ccccc1)C(C)(C)C. The van der Waals surface area contributed by atoms with Crippen LogP contribution in [0.25, 0.3) is 0 Å². The number of carbonyl (C=O) groups excluding carboxylic acids is 1. The van der Waals surface area contributed by atoms with Gasteiger partial charge in [-0.15, -0.1) is 0 Å². The van der Waals surface area contributed by atoms with Crippen LogP contribution in [0.2, 0.25) is 5.04 Å². The monoisotopic (exact) mass is 518 g/mol. The zero-order valence-corrected chi connectivity index (χ0v) is 23.3. The van der Waals surface area contributed by atoms with E-state index in [9.17, 15) is 9.90 Å². The summed E-state index contributed by atoms with van der Waals surface area (Å²) in [6, 6.07) is 24.4. The number of nitrogens with zero attached hydrogens (tertiary/aromatic N) is 2. The molecule has 37 heavy (non-hydrogen) atoms. The molecule has 1 aliphatic rings. The second kappa shape index (κ2) is 11.7. The number of rotatable bonds is 8. The van der Waals surface area contributed by atoms with Crippen LogP contribution in [-0.4, -0.2) is 67.7 Å². The summed E-state index contributed by atoms with van der Waals surface area (Å²) in [5.41, 5.74) is 1.27. The quantitative estimate of drug-likeness (QED) is 0.463. The molecule has 1 saturated heterocycles. The first-order valence-corrected chi connectivity index (χ1v) is 14.9. The second-order valence-electron chi connectivity index (χ2n) is 10.7. The van der Waals surface area contributed by atoms with E-state index in [1.807, 2.05) is 18.2 Å². The smallest absolute Gasteiger partial charge is 0.261 e. The molecule has 3 aromatic rings. The van der Waals surface area contributed by atoms with Crippen molar-refractivity contribution in [2.45, 2.75) is 51.3 Å². The molecule has 1 aliphatic heterocycles. The molecule has 7 heteroatoms. The molecule has 0 bridgehead atoms. The minimum atomic E-state index is -2.73. The molecule has 1 N–H and O–H groups in total. The highest BCUT2D eigenvalue weighted by Crippen LogP contribution is 2.37. The van der Waals surface area contributed by atoms with Gasteiger partial charge in [-0.05, 0) is 34.5 Å². The number of ether oxygens (including phenoxy) is 1. The second-order valence-corrected chi connectivity index (χ2v) is 15.0. The zero-order chi connectivity index (χ0) is 26.5. The molecule has 1 fully saturated rings. The summed E-state index contributed by atoms with van der Waals surface area (Å²) in [6.07, 6.45) is 2.04. The van der Waals surface area contributed by atoms with E-state index in [0.717, 1.165) is 0 Å². The van der Waals surface area contributed by atoms with Crippen LogP contribution in [0.1, 0.15) is 43.7 Å². The lowest BCUT2D eigenvalue weighted by Gasteiger charge is -2.44. The van der Waals surface area contributed by atoms with Crippen LogP contribution in [0.3, 0.4) is 0 Å². The molecule has 0 aliphatic carbocycles. The van der Waals surface area contributed by atoms with E-state index in [-0.39, 0.29) is 29.7 Å². The predicted molar refractivity (Wildman–Crippen MR) is 149 cm³/mol. The van der Waals surface area contributed by atoms with Gasteiger partial charge < -0.3 is 19.2 Å². The van der Waals surface area contributed by atoms with E-state index in [1.165, 1.54) is 10.4 Å². The Morgan fingerprint density at radius 1 is 1.08 bits per heavy atom. The van der Waals surface area contributed by atoms with Crippen molar-refractivity contribution in [1.29, 1.82) is 0 Å². The van der Waals surface area contributed by atoms with Gasteiger partial charge in [0.05, 0.1) is 37.1 Å². The number of hydrogen-bond donors (Lipinski definition) is 1. The maximum atomic E-state index is 13.5. The van der Waals surface area contributed by atoms with Gasteiger partial charge in [-0.3, -0.25) is 9.78 Å². The van der Waals surface area contributed by atoms with E-state index in [4.69, 9.17) is 9.16 Å². The summed E-state index contributed by atoms with van der Waals surface area (Å²) in [5.74, 6) is -0.122. The number of hydrogen-bond acceptors (Lipinski definition) is 5. The largest absolute Gasteiger partial charge is 0.404 e. The molecular weight excluding hydrogens is 480 g/mol. The lowest BCUT2D eigenvalue weighted by Crippen LogP contribution is -2.67. The number of aromatic nitrogens is 1. The van der Waals surface area contributed by atoms with Crippen LogP contribution in [0.15, 0.2) is 79.0 Å². The topological polar surface area (TPSA) is 71.9 Å². The van der Waals surface area contributed by atoms with Crippen LogP contribution in [-0.2, 0) is 15.6 Å². The molecule has 196 valence electrons. The highest BCUT2D eigenvalue weighted by Gasteiger charge is 2.51. The van der Waals surface area contributed by atoms with Gasteiger partial charge in [0.25, 0.3) is 14.2 Å². The van der Waals surface area contributed by atoms with Gasteiger partial charge in [0.15, 0.2) is 0 Å². The van der Waals surface area contributed by atoms with Crippen LogP contribution in [0.4, 0.5) is 0 Å². The fraction of sp³-hybridized carbons (Fsp3) is 0.400. The molecule has 0 spiro atoms. The van der Waals surface area contributed by atoms with Gasteiger partial charge in [0.2, 0.25) is 0 Å². The van der Waals surface area contributed by atoms with Crippen molar-refractivity contribution in [1.82, 2.24) is 9.88 Å². The molecule has 6 nitrogen and oxygen atoms in total. The highest BCUT2D eigenvalue weighted by atomic mass is 28.4. The lowest BCUT2D eigenvalue weighted by atomic mass is 10.1. The fourth-order valence-electron chi connectivity index (χ4n) is 5.33. The third kappa shape index (κ3) is 5.70. The standard InChI is InChI=1S/C30H38N2O4Si/c1-23(20-28-27(16-11-17-31-28)29(34)32-18-19-35-22-24(32)21-33)36-37(30(2,3)4,25-12-7-5-8-13-25)26-14-9-6-10-15-26/h5-17,23-24,33H,18-22H2,1-4H3/t23?,24-/m1/s1. The van der Waals surface area contributed by atoms with Gasteiger partial charge in [0, 0.05) is 25.3 Å². The number of amides is 1. The van der Waals surface area contributed by atoms with E-state index in [1.54, 1.807) is 17.2 Å². The summed E-state index contributed by atoms with van der Waals surface area (Å²) in [5, 5.41) is 12.1. The van der Waals surface area contributed by atoms with Gasteiger partial charge in [-0.2, -0.15) is 0 Å². The summed E-state index contributed by atoms with van der Waals surface area (Å²) in [4.78, 5) is 19.9. The Morgan fingerprint density at radius 3 is 2.27 bits per heavy atom. The summed E-state index contributed by atoms with van der Waals surface area (Å²) in [7, 11) is -2.73. The minimum absolute atomic E-state index is 0.122. The summed E-state index contributed by atoms with van der Waals surface area (Å²) < 4.78 is 12.7. The van der Waals surface area contributed by atoms with E-state index >= 15 is 0 Å². The number of pyridine rings is 1. The molecule has 0 saturated carbocycles. The molecule has 1 unspecified atom stereocenters. The number of morpholine rings is 1. The fourth-order valence-corrected chi connectivity index (χ4v) is 10.0. The normalized spacial score (nSPS) is 17.4. The van der Waals surface area contributed by atoms with Crippen molar-refractivity contribution in [2.75, 3.05) is 26.4 Å². The number of aliphatic hydroxyl groups excluding tert-OH is 1. The summed E-state index contributed by atoms with van der Waals surface area (Å²) >= 11 is 0. The predicted octanol–water partition coefficient (Wildman–Crippen LogP) is 3.42. The maximum Gasteiger partial charge on any atom is 0.261 e. The van der Waals surface area contributed by atoms with Gasteiger partial charge in [-0.1, -0.05) is 81.4 Å². The van der Waals surface area contributed by atoms with Crippen molar-refractivity contribution in [3.63, 3.8) is 0 Å². The minimum Gasteiger partial charge on any atom is -0.404 e. The van der Waals surface area contributed by atoms with Crippen molar-refractivity contribution in [3.05, 3.63) is 90.3 Å². The van der Waals surface area contributed by atoms with Crippen LogP contribution in [0.5, 0.6) is 0 Å². The molecule has 0 radical (unpaired) electrons. The Kier molecular flexibility index (Phi) is 8.59. The molecule has 2 heterocycles. The Bertz CT molecular complexity index is 1130. The van der Waals surface area contributed by atoms with Crippen LogP contribution >= 0.6 is 0 Å². The first-order valence-electron chi connectivity index (χ1n) is 13.0. The molecule has 1 aromatic heterocycles. The number of aliphatic hydroxyl groups is 1. The van der Waals surface area contributed by atoms with Crippen molar-refractivity contribution >= 4 is 24.6 Å². The Labute approximate surface area is 221 Å². The highest BCUT2D eigenvalue weighted by molar-refractivity contribution is 6.99. The van der Waals surface area contributed by atoms with E-state index in [2.05, 4.69) is 81.2 Å². The first-order chi connectivity index (χ1) is 17.8. The average molecular weight is 519 g/mol. The summed E-state index contributed by atoms with van der Waals surface area (Å²) in [6.45, 7) is 9.98.